The van der Waals surface area contributed by atoms with Crippen LogP contribution in [0.25, 0.3) is 11.5 Å². The minimum Gasteiger partial charge on any atom is -0.496 e. The summed E-state index contributed by atoms with van der Waals surface area (Å²) < 4.78 is 21.5. The summed E-state index contributed by atoms with van der Waals surface area (Å²) in [6, 6.07) is 10.8. The third kappa shape index (κ3) is 4.28. The van der Waals surface area contributed by atoms with E-state index in [0.29, 0.717) is 39.5 Å². The van der Waals surface area contributed by atoms with Crippen molar-refractivity contribution in [1.82, 2.24) is 10.2 Å². The fourth-order valence-corrected chi connectivity index (χ4v) is 3.25. The van der Waals surface area contributed by atoms with E-state index in [4.69, 9.17) is 18.6 Å². The summed E-state index contributed by atoms with van der Waals surface area (Å²) in [5, 5.41) is 8.36. The largest absolute Gasteiger partial charge is 0.496 e. The molecule has 7 nitrogen and oxygen atoms in total. The number of carbonyl (C=O) groups is 1. The molecule has 0 radical (unpaired) electrons. The van der Waals surface area contributed by atoms with Crippen LogP contribution in [-0.2, 0) is 0 Å². The van der Waals surface area contributed by atoms with Gasteiger partial charge in [0.1, 0.15) is 5.75 Å². The number of benzene rings is 2. The minimum atomic E-state index is -0.0728. The predicted octanol–water partition coefficient (Wildman–Crippen LogP) is 4.05. The van der Waals surface area contributed by atoms with Gasteiger partial charge in [-0.1, -0.05) is 23.4 Å². The molecule has 1 aromatic heterocycles. The van der Waals surface area contributed by atoms with Crippen LogP contribution in [0.4, 0.5) is 0 Å². The van der Waals surface area contributed by atoms with Crippen LogP contribution in [0.15, 0.2) is 46.0 Å². The molecule has 3 rings (SSSR count). The first kappa shape index (κ1) is 19.8. The first-order valence-electron chi connectivity index (χ1n) is 8.42. The Labute approximate surface area is 167 Å². The third-order valence-corrected chi connectivity index (χ3v) is 4.84. The fourth-order valence-electron chi connectivity index (χ4n) is 2.60. The monoisotopic (exact) mass is 400 g/mol. The number of Topliss-reactive ketones (excluding diaryl/α,β-unsaturated/α-hetero) is 1. The van der Waals surface area contributed by atoms with E-state index < -0.39 is 0 Å². The number of thioether (sulfide) groups is 1. The van der Waals surface area contributed by atoms with E-state index in [9.17, 15) is 4.79 Å². The molecule has 3 aromatic rings. The molecule has 0 fully saturated rings. The second-order valence-electron chi connectivity index (χ2n) is 5.86. The quantitative estimate of drug-likeness (QED) is 0.414. The first-order valence-corrected chi connectivity index (χ1v) is 9.40. The van der Waals surface area contributed by atoms with Gasteiger partial charge in [-0.05, 0) is 37.3 Å². The first-order chi connectivity index (χ1) is 13.5. The van der Waals surface area contributed by atoms with E-state index in [0.717, 1.165) is 5.56 Å². The zero-order chi connectivity index (χ0) is 20.1. The second-order valence-corrected chi connectivity index (χ2v) is 6.79. The Morgan fingerprint density at radius 1 is 0.964 bits per heavy atom. The Morgan fingerprint density at radius 2 is 1.68 bits per heavy atom. The Bertz CT molecular complexity index is 986. The molecule has 28 heavy (non-hydrogen) atoms. The predicted molar refractivity (Wildman–Crippen MR) is 106 cm³/mol. The summed E-state index contributed by atoms with van der Waals surface area (Å²) >= 11 is 1.18. The highest BCUT2D eigenvalue weighted by Crippen LogP contribution is 2.33. The average Bonchev–Trinajstić information content (AvgIpc) is 3.20. The molecule has 0 aliphatic carbocycles. The molecule has 2 aromatic carbocycles. The van der Waals surface area contributed by atoms with Crippen molar-refractivity contribution in [3.05, 3.63) is 47.5 Å². The van der Waals surface area contributed by atoms with Crippen molar-refractivity contribution in [3.8, 4) is 28.7 Å². The van der Waals surface area contributed by atoms with E-state index in [1.54, 1.807) is 45.6 Å². The van der Waals surface area contributed by atoms with Gasteiger partial charge in [-0.25, -0.2) is 0 Å². The number of ether oxygens (including phenoxy) is 3. The summed E-state index contributed by atoms with van der Waals surface area (Å²) in [7, 11) is 4.67. The lowest BCUT2D eigenvalue weighted by Crippen LogP contribution is -2.05. The van der Waals surface area contributed by atoms with Gasteiger partial charge < -0.3 is 18.6 Å². The van der Waals surface area contributed by atoms with Crippen LogP contribution < -0.4 is 14.2 Å². The Balaban J connectivity index is 1.72. The molecule has 0 N–H and O–H groups in total. The highest BCUT2D eigenvalue weighted by Gasteiger charge is 2.16. The van der Waals surface area contributed by atoms with Gasteiger partial charge in [0.25, 0.3) is 5.22 Å². The van der Waals surface area contributed by atoms with Crippen molar-refractivity contribution in [2.45, 2.75) is 12.1 Å². The lowest BCUT2D eigenvalue weighted by Gasteiger charge is -2.08. The van der Waals surface area contributed by atoms with Crippen molar-refractivity contribution < 1.29 is 23.4 Å². The number of aryl methyl sites for hydroxylation is 1. The lowest BCUT2D eigenvalue weighted by atomic mass is 10.1. The number of rotatable bonds is 8. The number of hydrogen-bond acceptors (Lipinski definition) is 8. The van der Waals surface area contributed by atoms with Gasteiger partial charge in [0.05, 0.1) is 32.6 Å². The summed E-state index contributed by atoms with van der Waals surface area (Å²) in [5.74, 6) is 2.15. The number of methoxy groups -OCH3 is 3. The van der Waals surface area contributed by atoms with Gasteiger partial charge in [0.2, 0.25) is 5.89 Å². The molecular weight excluding hydrogens is 380 g/mol. The number of hydrogen-bond donors (Lipinski definition) is 0. The van der Waals surface area contributed by atoms with E-state index in [1.165, 1.54) is 11.8 Å². The Hall–Kier alpha value is -3.00. The molecule has 0 atom stereocenters. The third-order valence-electron chi connectivity index (χ3n) is 4.02. The van der Waals surface area contributed by atoms with E-state index in [2.05, 4.69) is 10.2 Å². The number of ketones is 1. The molecule has 0 spiro atoms. The molecule has 1 heterocycles. The van der Waals surface area contributed by atoms with E-state index in [-0.39, 0.29) is 11.5 Å². The zero-order valence-electron chi connectivity index (χ0n) is 16.0. The van der Waals surface area contributed by atoms with Crippen LogP contribution >= 0.6 is 11.8 Å². The summed E-state index contributed by atoms with van der Waals surface area (Å²) in [5.41, 5.74) is 2.22. The SMILES string of the molecule is COc1ccc(-c2nnc(SCC(=O)c3cc(C)ccc3OC)o2)cc1OC. The van der Waals surface area contributed by atoms with Crippen molar-refractivity contribution in [1.29, 1.82) is 0 Å². The smallest absolute Gasteiger partial charge is 0.277 e. The standard InChI is InChI=1S/C20H20N2O5S/c1-12-5-7-16(24-2)14(9-12)15(23)11-28-20-22-21-19(27-20)13-6-8-17(25-3)18(10-13)26-4/h5-10H,11H2,1-4H3. The molecule has 0 amide bonds. The molecule has 0 saturated carbocycles. The van der Waals surface area contributed by atoms with Crippen molar-refractivity contribution >= 4 is 17.5 Å². The minimum absolute atomic E-state index is 0.0728. The van der Waals surface area contributed by atoms with Gasteiger partial charge in [0.15, 0.2) is 17.3 Å². The van der Waals surface area contributed by atoms with E-state index >= 15 is 0 Å². The lowest BCUT2D eigenvalue weighted by molar-refractivity contribution is 0.101. The van der Waals surface area contributed by atoms with Crippen LogP contribution in [0.3, 0.4) is 0 Å². The normalized spacial score (nSPS) is 10.6. The van der Waals surface area contributed by atoms with Gasteiger partial charge in [-0.2, -0.15) is 0 Å². The molecule has 0 bridgehead atoms. The second kappa shape index (κ2) is 8.79. The average molecular weight is 400 g/mol. The van der Waals surface area contributed by atoms with Crippen molar-refractivity contribution in [2.24, 2.45) is 0 Å². The Kier molecular flexibility index (Phi) is 6.20. The fraction of sp³-hybridized carbons (Fsp3) is 0.250. The molecule has 0 aliphatic heterocycles. The van der Waals surface area contributed by atoms with Gasteiger partial charge >= 0.3 is 0 Å². The number of carbonyl (C=O) groups excluding carboxylic acids is 1. The molecular formula is C20H20N2O5S. The van der Waals surface area contributed by atoms with E-state index in [1.807, 2.05) is 19.1 Å². The van der Waals surface area contributed by atoms with Crippen LogP contribution in [0, 0.1) is 6.92 Å². The Morgan fingerprint density at radius 3 is 2.39 bits per heavy atom. The van der Waals surface area contributed by atoms with Gasteiger partial charge in [0, 0.05) is 5.56 Å². The van der Waals surface area contributed by atoms with Crippen molar-refractivity contribution in [3.63, 3.8) is 0 Å². The molecule has 0 saturated heterocycles. The maximum atomic E-state index is 12.6. The maximum absolute atomic E-state index is 12.6. The molecule has 8 heteroatoms. The van der Waals surface area contributed by atoms with Crippen LogP contribution in [0.2, 0.25) is 0 Å². The van der Waals surface area contributed by atoms with Crippen LogP contribution in [0.1, 0.15) is 15.9 Å². The maximum Gasteiger partial charge on any atom is 0.277 e. The molecule has 0 unspecified atom stereocenters. The van der Waals surface area contributed by atoms with Gasteiger partial charge in [-0.15, -0.1) is 10.2 Å². The number of nitrogens with zero attached hydrogens (tertiary/aromatic N) is 2. The summed E-state index contributed by atoms with van der Waals surface area (Å²) in [6.07, 6.45) is 0. The van der Waals surface area contributed by atoms with Crippen LogP contribution in [-0.4, -0.2) is 43.1 Å². The van der Waals surface area contributed by atoms with Gasteiger partial charge in [-0.3, -0.25) is 4.79 Å². The summed E-state index contributed by atoms with van der Waals surface area (Å²) in [6.45, 7) is 1.93. The van der Waals surface area contributed by atoms with Crippen LogP contribution in [0.5, 0.6) is 17.2 Å². The topological polar surface area (TPSA) is 83.7 Å². The van der Waals surface area contributed by atoms with Crippen molar-refractivity contribution in [2.75, 3.05) is 27.1 Å². The molecule has 0 aliphatic rings. The highest BCUT2D eigenvalue weighted by molar-refractivity contribution is 7.99. The number of aromatic nitrogens is 2. The zero-order valence-corrected chi connectivity index (χ0v) is 16.8. The highest BCUT2D eigenvalue weighted by atomic mass is 32.2. The molecule has 146 valence electrons. The summed E-state index contributed by atoms with van der Waals surface area (Å²) in [4.78, 5) is 12.6.